The molecule has 1 fully saturated rings. The van der Waals surface area contributed by atoms with Gasteiger partial charge in [-0.25, -0.2) is 8.42 Å². The van der Waals surface area contributed by atoms with Gasteiger partial charge in [-0.3, -0.25) is 4.79 Å². The zero-order chi connectivity index (χ0) is 10.1. The van der Waals surface area contributed by atoms with E-state index in [1.165, 1.54) is 11.4 Å². The van der Waals surface area contributed by atoms with Crippen LogP contribution in [0.25, 0.3) is 0 Å². The lowest BCUT2D eigenvalue weighted by atomic mass is 10.1. The predicted octanol–water partition coefficient (Wildman–Crippen LogP) is -0.417. The Hall–Kier alpha value is -0.620. The van der Waals surface area contributed by atoms with Gasteiger partial charge in [-0.15, -0.1) is 0 Å². The lowest BCUT2D eigenvalue weighted by Gasteiger charge is -2.36. The smallest absolute Gasteiger partial charge is 0.322 e. The molecule has 13 heavy (non-hydrogen) atoms. The first-order valence-corrected chi connectivity index (χ1v) is 5.64. The average Bonchev–Trinajstić information content (AvgIpc) is 1.99. The van der Waals surface area contributed by atoms with E-state index in [-0.39, 0.29) is 6.04 Å². The summed E-state index contributed by atoms with van der Waals surface area (Å²) in [4.78, 5) is 10.8. The van der Waals surface area contributed by atoms with Gasteiger partial charge in [0.25, 0.3) is 0 Å². The number of carbonyl (C=O) groups is 1. The molecule has 1 rings (SSSR count). The molecule has 0 aromatic rings. The van der Waals surface area contributed by atoms with Crippen LogP contribution in [0.2, 0.25) is 0 Å². The van der Waals surface area contributed by atoms with Gasteiger partial charge in [-0.2, -0.15) is 4.31 Å². The molecule has 0 amide bonds. The molecule has 1 heterocycles. The third-order valence-electron chi connectivity index (χ3n) is 2.14. The van der Waals surface area contributed by atoms with Crippen LogP contribution < -0.4 is 0 Å². The van der Waals surface area contributed by atoms with Gasteiger partial charge in [0.15, 0.2) is 5.75 Å². The minimum atomic E-state index is -3.43. The molecule has 1 atom stereocenters. The Morgan fingerprint density at radius 2 is 2.23 bits per heavy atom. The second-order valence-electron chi connectivity index (χ2n) is 3.08. The Bertz CT molecular complexity index is 298. The van der Waals surface area contributed by atoms with E-state index in [2.05, 4.69) is 4.74 Å². The number of nitrogens with zero attached hydrogens (tertiary/aromatic N) is 1. The Labute approximate surface area is 77.7 Å². The first-order chi connectivity index (χ1) is 5.97. The highest BCUT2D eigenvalue weighted by Gasteiger charge is 2.35. The molecular weight excluding hydrogens is 194 g/mol. The second-order valence-corrected chi connectivity index (χ2v) is 5.00. The Morgan fingerprint density at radius 1 is 1.62 bits per heavy atom. The maximum Gasteiger partial charge on any atom is 0.322 e. The van der Waals surface area contributed by atoms with Crippen LogP contribution in [-0.2, 0) is 19.6 Å². The molecule has 0 radical (unpaired) electrons. The normalized spacial score (nSPS) is 23.7. The molecular formula is C7H13NO4S. The minimum Gasteiger partial charge on any atom is -0.468 e. The van der Waals surface area contributed by atoms with Crippen LogP contribution in [0.15, 0.2) is 0 Å². The van der Waals surface area contributed by atoms with E-state index in [0.717, 1.165) is 6.42 Å². The van der Waals surface area contributed by atoms with E-state index < -0.39 is 21.7 Å². The number of carbonyl (C=O) groups excluding carboxylic acids is 1. The van der Waals surface area contributed by atoms with E-state index in [0.29, 0.717) is 6.54 Å². The molecule has 1 aliphatic heterocycles. The summed E-state index contributed by atoms with van der Waals surface area (Å²) in [6.07, 6.45) is 0.862. The zero-order valence-corrected chi connectivity index (χ0v) is 8.50. The summed E-state index contributed by atoms with van der Waals surface area (Å²) in [6.45, 7) is 2.33. The first-order valence-electron chi connectivity index (χ1n) is 4.03. The molecule has 76 valence electrons. The van der Waals surface area contributed by atoms with Crippen LogP contribution in [0.3, 0.4) is 0 Å². The van der Waals surface area contributed by atoms with Gasteiger partial charge in [-0.1, -0.05) is 0 Å². The Morgan fingerprint density at radius 3 is 2.54 bits per heavy atom. The second kappa shape index (κ2) is 3.63. The third kappa shape index (κ3) is 2.19. The lowest BCUT2D eigenvalue weighted by molar-refractivity contribution is -0.137. The standard InChI is InChI=1S/C7H13NO4S/c1-6-3-4-8(6)13(10,11)5-7(9)12-2/h6H,3-5H2,1-2H3. The van der Waals surface area contributed by atoms with E-state index in [4.69, 9.17) is 0 Å². The van der Waals surface area contributed by atoms with Gasteiger partial charge >= 0.3 is 5.97 Å². The monoisotopic (exact) mass is 207 g/mol. The maximum absolute atomic E-state index is 11.4. The van der Waals surface area contributed by atoms with Crippen LogP contribution in [0.1, 0.15) is 13.3 Å². The third-order valence-corrected chi connectivity index (χ3v) is 4.00. The van der Waals surface area contributed by atoms with Gasteiger partial charge < -0.3 is 4.74 Å². The predicted molar refractivity (Wildman–Crippen MR) is 46.6 cm³/mol. The molecule has 1 saturated heterocycles. The summed E-state index contributed by atoms with van der Waals surface area (Å²) in [5.74, 6) is -1.26. The SMILES string of the molecule is COC(=O)CS(=O)(=O)N1CCC1C. The topological polar surface area (TPSA) is 63.7 Å². The van der Waals surface area contributed by atoms with Gasteiger partial charge in [0.1, 0.15) is 0 Å². The van der Waals surface area contributed by atoms with Crippen molar-refractivity contribution < 1.29 is 17.9 Å². The molecule has 6 heteroatoms. The molecule has 0 aliphatic carbocycles. The summed E-state index contributed by atoms with van der Waals surface area (Å²) in [5.41, 5.74) is 0. The van der Waals surface area contributed by atoms with Crippen LogP contribution in [0.4, 0.5) is 0 Å². The number of ether oxygens (including phenoxy) is 1. The fourth-order valence-corrected chi connectivity index (χ4v) is 2.82. The van der Waals surface area contributed by atoms with Gasteiger partial charge in [0.05, 0.1) is 7.11 Å². The molecule has 5 nitrogen and oxygen atoms in total. The highest BCUT2D eigenvalue weighted by Crippen LogP contribution is 2.20. The highest BCUT2D eigenvalue weighted by molar-refractivity contribution is 7.89. The van der Waals surface area contributed by atoms with Crippen molar-refractivity contribution in [1.82, 2.24) is 4.31 Å². The highest BCUT2D eigenvalue weighted by atomic mass is 32.2. The van der Waals surface area contributed by atoms with Crippen molar-refractivity contribution in [3.05, 3.63) is 0 Å². The lowest BCUT2D eigenvalue weighted by Crippen LogP contribution is -2.50. The molecule has 0 saturated carbocycles. The summed E-state index contributed by atoms with van der Waals surface area (Å²) in [7, 11) is -2.25. The van der Waals surface area contributed by atoms with Crippen molar-refractivity contribution in [2.45, 2.75) is 19.4 Å². The number of hydrogen-bond acceptors (Lipinski definition) is 4. The number of esters is 1. The Kier molecular flexibility index (Phi) is 2.92. The average molecular weight is 207 g/mol. The molecule has 0 bridgehead atoms. The van der Waals surface area contributed by atoms with E-state index >= 15 is 0 Å². The minimum absolute atomic E-state index is 0.0228. The van der Waals surface area contributed by atoms with Crippen molar-refractivity contribution in [2.24, 2.45) is 0 Å². The van der Waals surface area contributed by atoms with Crippen LogP contribution in [0, 0.1) is 0 Å². The zero-order valence-electron chi connectivity index (χ0n) is 7.69. The molecule has 0 aromatic carbocycles. The van der Waals surface area contributed by atoms with Crippen molar-refractivity contribution in [3.8, 4) is 0 Å². The largest absolute Gasteiger partial charge is 0.468 e. The van der Waals surface area contributed by atoms with E-state index in [9.17, 15) is 13.2 Å². The van der Waals surface area contributed by atoms with E-state index in [1.807, 2.05) is 6.92 Å². The molecule has 1 aliphatic rings. The fourth-order valence-electron chi connectivity index (χ4n) is 1.20. The number of sulfonamides is 1. The van der Waals surface area contributed by atoms with Crippen LogP contribution >= 0.6 is 0 Å². The van der Waals surface area contributed by atoms with Crippen molar-refractivity contribution in [3.63, 3.8) is 0 Å². The first kappa shape index (κ1) is 10.5. The maximum atomic E-state index is 11.4. The fraction of sp³-hybridized carbons (Fsp3) is 0.857. The summed E-state index contributed by atoms with van der Waals surface area (Å²) in [6, 6.07) is 0.0228. The summed E-state index contributed by atoms with van der Waals surface area (Å²) >= 11 is 0. The van der Waals surface area contributed by atoms with Crippen molar-refractivity contribution in [2.75, 3.05) is 19.4 Å². The van der Waals surface area contributed by atoms with Crippen molar-refractivity contribution in [1.29, 1.82) is 0 Å². The molecule has 1 unspecified atom stereocenters. The summed E-state index contributed by atoms with van der Waals surface area (Å²) < 4.78 is 28.5. The van der Waals surface area contributed by atoms with Gasteiger partial charge in [0.2, 0.25) is 10.0 Å². The molecule has 0 aromatic heterocycles. The van der Waals surface area contributed by atoms with E-state index in [1.54, 1.807) is 0 Å². The quantitative estimate of drug-likeness (QED) is 0.590. The number of hydrogen-bond donors (Lipinski definition) is 0. The van der Waals surface area contributed by atoms with Crippen LogP contribution in [0.5, 0.6) is 0 Å². The van der Waals surface area contributed by atoms with Gasteiger partial charge in [-0.05, 0) is 13.3 Å². The number of methoxy groups -OCH3 is 1. The van der Waals surface area contributed by atoms with Crippen molar-refractivity contribution >= 4 is 16.0 Å². The van der Waals surface area contributed by atoms with Gasteiger partial charge in [0, 0.05) is 12.6 Å². The number of rotatable bonds is 3. The van der Waals surface area contributed by atoms with Crippen LogP contribution in [-0.4, -0.2) is 44.1 Å². The molecule has 0 N–H and O–H groups in total. The molecule has 0 spiro atoms. The Balaban J connectivity index is 2.61. The summed E-state index contributed by atoms with van der Waals surface area (Å²) in [5, 5.41) is 0.